The van der Waals surface area contributed by atoms with E-state index < -0.39 is 30.2 Å². The van der Waals surface area contributed by atoms with Gasteiger partial charge in [0.1, 0.15) is 6.61 Å². The highest BCUT2D eigenvalue weighted by Crippen LogP contribution is 2.25. The van der Waals surface area contributed by atoms with Crippen molar-refractivity contribution in [1.29, 1.82) is 0 Å². The average Bonchev–Trinajstić information content (AvgIpc) is 2.79. The van der Waals surface area contributed by atoms with Gasteiger partial charge in [-0.05, 0) is 35.4 Å². The number of aliphatic hydroxyl groups is 1. The molecule has 0 spiro atoms. The molecule has 0 heterocycles. The smallest absolute Gasteiger partial charge is 0.254 e. The molecule has 0 fully saturated rings. The minimum atomic E-state index is -1.38. The predicted molar refractivity (Wildman–Crippen MR) is 117 cm³/mol. The van der Waals surface area contributed by atoms with Crippen LogP contribution in [0.25, 0.3) is 11.1 Å². The van der Waals surface area contributed by atoms with E-state index in [4.69, 9.17) is 9.84 Å². The molecule has 2 N–H and O–H groups in total. The number of thioether (sulfide) groups is 1. The van der Waals surface area contributed by atoms with Crippen LogP contribution in [0, 0.1) is 0 Å². The number of amides is 2. The summed E-state index contributed by atoms with van der Waals surface area (Å²) in [5, 5.41) is 11.5. The van der Waals surface area contributed by atoms with Gasteiger partial charge in [-0.3, -0.25) is 14.4 Å². The van der Waals surface area contributed by atoms with Crippen LogP contribution in [0.4, 0.5) is 0 Å². The summed E-state index contributed by atoms with van der Waals surface area (Å²) in [5.41, 5.74) is 2.29. The number of nitrogens with zero attached hydrogens (tertiary/aromatic N) is 1. The van der Waals surface area contributed by atoms with Gasteiger partial charge >= 0.3 is 0 Å². The van der Waals surface area contributed by atoms with Crippen molar-refractivity contribution < 1.29 is 24.2 Å². The summed E-state index contributed by atoms with van der Waals surface area (Å²) in [5.74, 6) is -0.993. The van der Waals surface area contributed by atoms with Crippen LogP contribution < -0.4 is 5.32 Å². The molecule has 0 radical (unpaired) electrons. The first-order chi connectivity index (χ1) is 14.4. The number of carbonyl (C=O) groups is 3. The molecule has 0 saturated carbocycles. The molecule has 7 nitrogen and oxygen atoms in total. The van der Waals surface area contributed by atoms with Gasteiger partial charge in [-0.2, -0.15) is 0 Å². The minimum absolute atomic E-state index is 0.340. The Morgan fingerprint density at radius 3 is 2.13 bits per heavy atom. The van der Waals surface area contributed by atoms with Crippen LogP contribution in [-0.2, 0) is 14.3 Å². The maximum Gasteiger partial charge on any atom is 0.254 e. The summed E-state index contributed by atoms with van der Waals surface area (Å²) >= 11 is 1.72. The minimum Gasteiger partial charge on any atom is -0.388 e. The van der Waals surface area contributed by atoms with E-state index in [1.807, 2.05) is 36.4 Å². The predicted octanol–water partition coefficient (Wildman–Crippen LogP) is 1.84. The molecule has 8 heteroatoms. The first kappa shape index (κ1) is 23.6. The fourth-order valence-electron chi connectivity index (χ4n) is 2.87. The molecule has 2 aromatic carbocycles. The van der Waals surface area contributed by atoms with Gasteiger partial charge in [0.05, 0.1) is 6.61 Å². The van der Waals surface area contributed by atoms with E-state index in [-0.39, 0.29) is 0 Å². The lowest BCUT2D eigenvalue weighted by molar-refractivity contribution is -0.135. The lowest BCUT2D eigenvalue weighted by atomic mass is 10.0. The van der Waals surface area contributed by atoms with E-state index in [9.17, 15) is 14.4 Å². The Balaban J connectivity index is 2.13. The molecular formula is C22H26N2O5S. The van der Waals surface area contributed by atoms with Crippen LogP contribution in [0.5, 0.6) is 0 Å². The summed E-state index contributed by atoms with van der Waals surface area (Å²) in [7, 11) is 4.41. The fourth-order valence-corrected chi connectivity index (χ4v) is 3.69. The topological polar surface area (TPSA) is 95.9 Å². The molecule has 2 aromatic rings. The summed E-state index contributed by atoms with van der Waals surface area (Å²) < 4.78 is 5.05. The van der Waals surface area contributed by atoms with Crippen molar-refractivity contribution in [2.75, 3.05) is 40.2 Å². The van der Waals surface area contributed by atoms with Crippen molar-refractivity contribution in [3.8, 4) is 11.1 Å². The number of benzene rings is 2. The van der Waals surface area contributed by atoms with Gasteiger partial charge in [0.2, 0.25) is 5.91 Å². The number of ether oxygens (including phenoxy) is 1. The van der Waals surface area contributed by atoms with Gasteiger partial charge in [0.25, 0.3) is 5.91 Å². The highest BCUT2D eigenvalue weighted by molar-refractivity contribution is 7.99. The molecule has 1 unspecified atom stereocenters. The van der Waals surface area contributed by atoms with Gasteiger partial charge in [-0.1, -0.05) is 24.3 Å². The molecule has 30 heavy (non-hydrogen) atoms. The van der Waals surface area contributed by atoms with Crippen molar-refractivity contribution in [3.63, 3.8) is 0 Å². The standard InChI is InChI=1S/C22H26N2O5S/c1-23-21(27)20(19(26)14-25)24(2)22(28)17-6-4-15(5-7-17)16-8-10-18(11-9-16)30-13-12-29-3/h4-11,20,25H,12-14H2,1-3H3,(H,23,27). The molecule has 0 aliphatic rings. The van der Waals surface area contributed by atoms with Crippen molar-refractivity contribution in [1.82, 2.24) is 10.2 Å². The second-order valence-electron chi connectivity index (χ2n) is 6.50. The van der Waals surface area contributed by atoms with Gasteiger partial charge < -0.3 is 20.1 Å². The number of carbonyl (C=O) groups excluding carboxylic acids is 3. The van der Waals surface area contributed by atoms with Gasteiger partial charge in [0, 0.05) is 37.4 Å². The van der Waals surface area contributed by atoms with Crippen molar-refractivity contribution in [3.05, 3.63) is 54.1 Å². The number of Topliss-reactive ketones (excluding diaryl/α,β-unsaturated/α-hetero) is 1. The Morgan fingerprint density at radius 2 is 1.63 bits per heavy atom. The molecule has 0 bridgehead atoms. The van der Waals surface area contributed by atoms with Crippen molar-refractivity contribution in [2.45, 2.75) is 10.9 Å². The number of methoxy groups -OCH3 is 1. The highest BCUT2D eigenvalue weighted by Gasteiger charge is 2.32. The number of hydrogen-bond donors (Lipinski definition) is 2. The molecular weight excluding hydrogens is 404 g/mol. The SMILES string of the molecule is CNC(=O)C(C(=O)CO)N(C)C(=O)c1ccc(-c2ccc(SCCOC)cc2)cc1. The average molecular weight is 431 g/mol. The zero-order valence-electron chi connectivity index (χ0n) is 17.3. The summed E-state index contributed by atoms with van der Waals surface area (Å²) in [6.07, 6.45) is 0. The molecule has 0 saturated heterocycles. The van der Waals surface area contributed by atoms with Gasteiger partial charge in [-0.25, -0.2) is 0 Å². The molecule has 160 valence electrons. The maximum absolute atomic E-state index is 12.7. The van der Waals surface area contributed by atoms with Gasteiger partial charge in [0.15, 0.2) is 11.8 Å². The van der Waals surface area contributed by atoms with Crippen LogP contribution in [0.1, 0.15) is 10.4 Å². The van der Waals surface area contributed by atoms with E-state index in [0.717, 1.165) is 26.7 Å². The number of likely N-dealkylation sites (N-methyl/N-ethyl adjacent to an activating group) is 2. The lowest BCUT2D eigenvalue weighted by Gasteiger charge is -2.25. The summed E-state index contributed by atoms with van der Waals surface area (Å²) in [6, 6.07) is 13.7. The Kier molecular flexibility index (Phi) is 9.04. The third-order valence-electron chi connectivity index (χ3n) is 4.54. The molecule has 1 atom stereocenters. The maximum atomic E-state index is 12.7. The number of hydrogen-bond acceptors (Lipinski definition) is 6. The first-order valence-electron chi connectivity index (χ1n) is 9.37. The number of ketones is 1. The largest absolute Gasteiger partial charge is 0.388 e. The third kappa shape index (κ3) is 5.91. The Morgan fingerprint density at radius 1 is 1.07 bits per heavy atom. The number of nitrogens with one attached hydrogen (secondary N) is 1. The fraction of sp³-hybridized carbons (Fsp3) is 0.318. The Labute approximate surface area is 180 Å². The normalized spacial score (nSPS) is 11.6. The quantitative estimate of drug-likeness (QED) is 0.339. The van der Waals surface area contributed by atoms with Crippen LogP contribution in [-0.4, -0.2) is 73.8 Å². The van der Waals surface area contributed by atoms with E-state index in [1.165, 1.54) is 14.1 Å². The first-order valence-corrected chi connectivity index (χ1v) is 10.4. The molecule has 0 aromatic heterocycles. The van der Waals surface area contributed by atoms with Crippen LogP contribution in [0.3, 0.4) is 0 Å². The summed E-state index contributed by atoms with van der Waals surface area (Å²) in [4.78, 5) is 38.9. The second-order valence-corrected chi connectivity index (χ2v) is 7.67. The van der Waals surface area contributed by atoms with Crippen molar-refractivity contribution >= 4 is 29.4 Å². The van der Waals surface area contributed by atoms with Crippen molar-refractivity contribution in [2.24, 2.45) is 0 Å². The lowest BCUT2D eigenvalue weighted by Crippen LogP contribution is -2.52. The molecule has 0 aliphatic heterocycles. The number of rotatable bonds is 10. The zero-order valence-corrected chi connectivity index (χ0v) is 18.1. The second kappa shape index (κ2) is 11.5. The highest BCUT2D eigenvalue weighted by atomic mass is 32.2. The van der Waals surface area contributed by atoms with E-state index in [2.05, 4.69) is 5.32 Å². The van der Waals surface area contributed by atoms with E-state index in [1.54, 1.807) is 31.0 Å². The Bertz CT molecular complexity index is 852. The van der Waals surface area contributed by atoms with E-state index >= 15 is 0 Å². The monoisotopic (exact) mass is 430 g/mol. The Hall–Kier alpha value is -2.68. The molecule has 0 aliphatic carbocycles. The zero-order chi connectivity index (χ0) is 22.1. The van der Waals surface area contributed by atoms with Crippen LogP contribution >= 0.6 is 11.8 Å². The van der Waals surface area contributed by atoms with Gasteiger partial charge in [-0.15, -0.1) is 11.8 Å². The van der Waals surface area contributed by atoms with Crippen LogP contribution in [0.15, 0.2) is 53.4 Å². The van der Waals surface area contributed by atoms with E-state index in [0.29, 0.717) is 12.2 Å². The third-order valence-corrected chi connectivity index (χ3v) is 5.52. The molecule has 2 amide bonds. The summed E-state index contributed by atoms with van der Waals surface area (Å²) in [6.45, 7) is -0.130. The number of aliphatic hydroxyl groups excluding tert-OH is 1. The molecule has 2 rings (SSSR count). The van der Waals surface area contributed by atoms with Crippen LogP contribution in [0.2, 0.25) is 0 Å².